The van der Waals surface area contributed by atoms with Gasteiger partial charge in [0, 0.05) is 26.2 Å². The standard InChI is InChI=1S/C19H24FN5O4S2/c1-2-18(30)22-12-15-13-25(19(26)29-15)14-3-4-17(16(20)11-14)23-6-8-24(9-7-23)31(27,28)10-5-21/h3-4,11,15H,2,6-10,12-13H2,1H3,(H,22,30)/t15-/m0/s1. The minimum absolute atomic E-state index is 0.179. The van der Waals surface area contributed by atoms with E-state index >= 15 is 0 Å². The van der Waals surface area contributed by atoms with Crippen molar-refractivity contribution >= 4 is 44.7 Å². The lowest BCUT2D eigenvalue weighted by Crippen LogP contribution is -2.49. The van der Waals surface area contributed by atoms with E-state index in [9.17, 15) is 17.6 Å². The number of hydrogen-bond acceptors (Lipinski definition) is 7. The van der Waals surface area contributed by atoms with E-state index in [0.29, 0.717) is 42.4 Å². The van der Waals surface area contributed by atoms with Crippen LogP contribution in [0.15, 0.2) is 18.2 Å². The molecule has 0 radical (unpaired) electrons. The third-order valence-electron chi connectivity index (χ3n) is 5.18. The van der Waals surface area contributed by atoms with Crippen molar-refractivity contribution in [2.45, 2.75) is 19.4 Å². The zero-order chi connectivity index (χ0) is 22.6. The van der Waals surface area contributed by atoms with E-state index in [2.05, 4.69) is 5.32 Å². The van der Waals surface area contributed by atoms with E-state index in [1.807, 2.05) is 6.92 Å². The smallest absolute Gasteiger partial charge is 0.414 e. The summed E-state index contributed by atoms with van der Waals surface area (Å²) in [7, 11) is -3.61. The van der Waals surface area contributed by atoms with Crippen LogP contribution in [0.25, 0.3) is 0 Å². The first-order chi connectivity index (χ1) is 14.7. The van der Waals surface area contributed by atoms with Crippen LogP contribution >= 0.6 is 12.2 Å². The van der Waals surface area contributed by atoms with Crippen molar-refractivity contribution in [2.24, 2.45) is 0 Å². The molecule has 1 N–H and O–H groups in total. The zero-order valence-electron chi connectivity index (χ0n) is 17.1. The molecule has 3 rings (SSSR count). The SMILES string of the molecule is CCC(=S)NC[C@H]1CN(c2ccc(N3CCN(S(=O)(=O)CC#N)CC3)c(F)c2)C(=O)O1. The van der Waals surface area contributed by atoms with Crippen LogP contribution in [-0.2, 0) is 14.8 Å². The lowest BCUT2D eigenvalue weighted by molar-refractivity contribution is 0.143. The van der Waals surface area contributed by atoms with Gasteiger partial charge in [0.05, 0.1) is 35.5 Å². The first-order valence-corrected chi connectivity index (χ1v) is 11.9. The maximum atomic E-state index is 14.8. The number of thiocarbonyl (C=S) groups is 1. The lowest BCUT2D eigenvalue weighted by Gasteiger charge is -2.35. The Morgan fingerprint density at radius 2 is 2.06 bits per heavy atom. The fourth-order valence-corrected chi connectivity index (χ4v) is 4.64. The molecule has 0 unspecified atom stereocenters. The number of nitrogens with zero attached hydrogens (tertiary/aromatic N) is 4. The number of hydrogen-bond donors (Lipinski definition) is 1. The summed E-state index contributed by atoms with van der Waals surface area (Å²) in [4.78, 5) is 16.0. The van der Waals surface area contributed by atoms with Gasteiger partial charge in [-0.05, 0) is 24.6 Å². The second-order valence-corrected chi connectivity index (χ2v) is 9.67. The Hall–Kier alpha value is -2.49. The number of carbonyl (C=O) groups excluding carboxylic acids is 1. The molecule has 0 aromatic heterocycles. The summed E-state index contributed by atoms with van der Waals surface area (Å²) in [5.41, 5.74) is 0.724. The molecule has 31 heavy (non-hydrogen) atoms. The molecule has 12 heteroatoms. The summed E-state index contributed by atoms with van der Waals surface area (Å²) in [6.45, 7) is 3.57. The molecule has 0 aliphatic carbocycles. The number of amides is 1. The van der Waals surface area contributed by atoms with E-state index in [0.717, 1.165) is 0 Å². The van der Waals surface area contributed by atoms with Crippen molar-refractivity contribution in [2.75, 3.05) is 54.8 Å². The van der Waals surface area contributed by atoms with Crippen LogP contribution in [0.3, 0.4) is 0 Å². The zero-order valence-corrected chi connectivity index (χ0v) is 18.7. The second-order valence-electron chi connectivity index (χ2n) is 7.21. The van der Waals surface area contributed by atoms with Gasteiger partial charge >= 0.3 is 6.09 Å². The van der Waals surface area contributed by atoms with Crippen LogP contribution < -0.4 is 15.1 Å². The van der Waals surface area contributed by atoms with Crippen LogP contribution in [0, 0.1) is 17.1 Å². The summed E-state index contributed by atoms with van der Waals surface area (Å²) < 4.78 is 45.4. The maximum Gasteiger partial charge on any atom is 0.414 e. The Balaban J connectivity index is 1.63. The topological polar surface area (TPSA) is 106 Å². The van der Waals surface area contributed by atoms with E-state index in [1.54, 1.807) is 23.1 Å². The number of sulfonamides is 1. The molecule has 0 bridgehead atoms. The number of anilines is 2. The Morgan fingerprint density at radius 1 is 1.35 bits per heavy atom. The summed E-state index contributed by atoms with van der Waals surface area (Å²) in [6, 6.07) is 6.16. The van der Waals surface area contributed by atoms with Crippen molar-refractivity contribution in [3.63, 3.8) is 0 Å². The summed E-state index contributed by atoms with van der Waals surface area (Å²) >= 11 is 5.11. The number of ether oxygens (including phenoxy) is 1. The lowest BCUT2D eigenvalue weighted by atomic mass is 10.2. The van der Waals surface area contributed by atoms with Crippen molar-refractivity contribution < 1.29 is 22.3 Å². The molecule has 2 saturated heterocycles. The fraction of sp³-hybridized carbons (Fsp3) is 0.526. The van der Waals surface area contributed by atoms with E-state index in [4.69, 9.17) is 22.2 Å². The van der Waals surface area contributed by atoms with E-state index in [-0.39, 0.29) is 25.7 Å². The van der Waals surface area contributed by atoms with Crippen molar-refractivity contribution in [1.29, 1.82) is 5.26 Å². The van der Waals surface area contributed by atoms with Gasteiger partial charge in [-0.1, -0.05) is 19.1 Å². The number of halogens is 1. The van der Waals surface area contributed by atoms with Crippen LogP contribution in [-0.4, -0.2) is 74.9 Å². The number of benzene rings is 1. The van der Waals surface area contributed by atoms with Crippen LogP contribution in [0.2, 0.25) is 0 Å². The highest BCUT2D eigenvalue weighted by molar-refractivity contribution is 7.89. The second kappa shape index (κ2) is 9.76. The Kier molecular flexibility index (Phi) is 7.30. The first kappa shape index (κ1) is 23.2. The molecule has 2 fully saturated rings. The molecule has 2 aliphatic heterocycles. The van der Waals surface area contributed by atoms with Gasteiger partial charge in [-0.2, -0.15) is 9.57 Å². The molecule has 1 atom stereocenters. The third-order valence-corrected chi connectivity index (χ3v) is 7.26. The van der Waals surface area contributed by atoms with Gasteiger partial charge in [0.25, 0.3) is 0 Å². The highest BCUT2D eigenvalue weighted by Crippen LogP contribution is 2.28. The molecule has 2 heterocycles. The Morgan fingerprint density at radius 3 is 2.68 bits per heavy atom. The van der Waals surface area contributed by atoms with Gasteiger partial charge in [-0.25, -0.2) is 17.6 Å². The highest BCUT2D eigenvalue weighted by atomic mass is 32.2. The minimum Gasteiger partial charge on any atom is -0.442 e. The van der Waals surface area contributed by atoms with Gasteiger partial charge in [0.1, 0.15) is 11.9 Å². The minimum atomic E-state index is -3.61. The van der Waals surface area contributed by atoms with Crippen LogP contribution in [0.5, 0.6) is 0 Å². The maximum absolute atomic E-state index is 14.8. The van der Waals surface area contributed by atoms with Crippen molar-refractivity contribution in [1.82, 2.24) is 9.62 Å². The Bertz CT molecular complexity index is 990. The Labute approximate surface area is 186 Å². The molecule has 168 valence electrons. The summed E-state index contributed by atoms with van der Waals surface area (Å²) in [5.74, 6) is -1.07. The molecule has 1 amide bonds. The number of rotatable bonds is 7. The van der Waals surface area contributed by atoms with Gasteiger partial charge in [-0.3, -0.25) is 4.90 Å². The van der Waals surface area contributed by atoms with E-state index < -0.39 is 27.7 Å². The van der Waals surface area contributed by atoms with Crippen molar-refractivity contribution in [3.8, 4) is 6.07 Å². The van der Waals surface area contributed by atoms with Gasteiger partial charge in [0.15, 0.2) is 5.75 Å². The highest BCUT2D eigenvalue weighted by Gasteiger charge is 2.33. The normalized spacial score (nSPS) is 19.8. The van der Waals surface area contributed by atoms with E-state index in [1.165, 1.54) is 15.3 Å². The molecule has 9 nitrogen and oxygen atoms in total. The fourth-order valence-electron chi connectivity index (χ4n) is 3.49. The molecule has 1 aromatic rings. The largest absolute Gasteiger partial charge is 0.442 e. The summed E-state index contributed by atoms with van der Waals surface area (Å²) in [5, 5.41) is 11.7. The summed E-state index contributed by atoms with van der Waals surface area (Å²) in [6.07, 6.45) is -0.230. The van der Waals surface area contributed by atoms with Crippen LogP contribution in [0.4, 0.5) is 20.6 Å². The number of carbonyl (C=O) groups is 1. The number of cyclic esters (lactones) is 1. The van der Waals surface area contributed by atoms with Gasteiger partial charge in [0.2, 0.25) is 10.0 Å². The molecule has 2 aliphatic rings. The van der Waals surface area contributed by atoms with Crippen molar-refractivity contribution in [3.05, 3.63) is 24.0 Å². The third kappa shape index (κ3) is 5.41. The van der Waals surface area contributed by atoms with Crippen LogP contribution in [0.1, 0.15) is 13.3 Å². The number of nitriles is 1. The average molecular weight is 470 g/mol. The van der Waals surface area contributed by atoms with Gasteiger partial charge < -0.3 is 15.0 Å². The average Bonchev–Trinajstić information content (AvgIpc) is 3.12. The first-order valence-electron chi connectivity index (χ1n) is 9.89. The quantitative estimate of drug-likeness (QED) is 0.599. The molecule has 0 saturated carbocycles. The number of piperazine rings is 1. The predicted molar refractivity (Wildman–Crippen MR) is 118 cm³/mol. The molecule has 0 spiro atoms. The molecular weight excluding hydrogens is 445 g/mol. The molecular formula is C19H24FN5O4S2. The molecule has 1 aromatic carbocycles. The predicted octanol–water partition coefficient (Wildman–Crippen LogP) is 1.45. The number of nitrogens with one attached hydrogen (secondary N) is 1. The monoisotopic (exact) mass is 469 g/mol. The van der Waals surface area contributed by atoms with Gasteiger partial charge in [-0.15, -0.1) is 0 Å².